The Kier molecular flexibility index (Phi) is 6.19. The van der Waals surface area contributed by atoms with Crippen molar-refractivity contribution in [2.75, 3.05) is 13.2 Å². The lowest BCUT2D eigenvalue weighted by molar-refractivity contribution is -0.129. The molecule has 1 unspecified atom stereocenters. The number of amides is 2. The molecule has 2 aromatic rings. The van der Waals surface area contributed by atoms with Gasteiger partial charge in [0.25, 0.3) is 0 Å². The SMILES string of the molecule is CC(CC(=O)N1CCOC1=O)C(F)(S(=O)(=O)c1ccccc1)S(=O)(=O)c1ccccc1. The first-order valence-corrected chi connectivity index (χ1v) is 12.3. The van der Waals surface area contributed by atoms with Crippen molar-refractivity contribution in [3.63, 3.8) is 0 Å². The van der Waals surface area contributed by atoms with Crippen LogP contribution in [0.25, 0.3) is 0 Å². The van der Waals surface area contributed by atoms with Gasteiger partial charge < -0.3 is 4.74 Å². The molecule has 0 radical (unpaired) electrons. The van der Waals surface area contributed by atoms with E-state index in [0.717, 1.165) is 31.2 Å². The standard InChI is InChI=1S/C20H20FNO7S2/c1-15(14-18(23)22-12-13-29-19(22)24)20(21,30(25,26)16-8-4-2-5-9-16)31(27,28)17-10-6-3-7-11-17/h2-11,15H,12-14H2,1H3. The first kappa shape index (κ1) is 22.9. The fourth-order valence-electron chi connectivity index (χ4n) is 3.31. The van der Waals surface area contributed by atoms with Crippen LogP contribution in [0.3, 0.4) is 0 Å². The van der Waals surface area contributed by atoms with Gasteiger partial charge in [-0.2, -0.15) is 0 Å². The Morgan fingerprint density at radius 1 is 1.00 bits per heavy atom. The molecule has 166 valence electrons. The number of benzene rings is 2. The molecule has 3 rings (SSSR count). The quantitative estimate of drug-likeness (QED) is 0.612. The number of rotatable bonds is 7. The molecule has 0 spiro atoms. The molecule has 1 aliphatic rings. The van der Waals surface area contributed by atoms with Crippen molar-refractivity contribution in [3.05, 3.63) is 60.7 Å². The number of imide groups is 1. The first-order chi connectivity index (χ1) is 14.5. The van der Waals surface area contributed by atoms with E-state index in [2.05, 4.69) is 4.74 Å². The summed E-state index contributed by atoms with van der Waals surface area (Å²) in [6, 6.07) is 12.6. The van der Waals surface area contributed by atoms with Crippen molar-refractivity contribution in [2.24, 2.45) is 5.92 Å². The smallest absolute Gasteiger partial charge is 0.416 e. The van der Waals surface area contributed by atoms with E-state index in [-0.39, 0.29) is 13.2 Å². The molecular weight excluding hydrogens is 449 g/mol. The summed E-state index contributed by atoms with van der Waals surface area (Å²) < 4.78 is 70.6. The van der Waals surface area contributed by atoms with E-state index in [1.807, 2.05) is 0 Å². The van der Waals surface area contributed by atoms with E-state index >= 15 is 4.39 Å². The Balaban J connectivity index is 2.13. The van der Waals surface area contributed by atoms with Crippen LogP contribution in [-0.2, 0) is 29.2 Å². The van der Waals surface area contributed by atoms with Gasteiger partial charge in [-0.25, -0.2) is 30.9 Å². The highest BCUT2D eigenvalue weighted by molar-refractivity contribution is 8.10. The molecule has 31 heavy (non-hydrogen) atoms. The highest BCUT2D eigenvalue weighted by atomic mass is 32.3. The molecule has 0 bridgehead atoms. The second kappa shape index (κ2) is 8.39. The highest BCUT2D eigenvalue weighted by Gasteiger charge is 2.61. The summed E-state index contributed by atoms with van der Waals surface area (Å²) in [5.41, 5.74) is 0. The fourth-order valence-corrected chi connectivity index (χ4v) is 7.94. The number of carbonyl (C=O) groups is 2. The molecule has 11 heteroatoms. The van der Waals surface area contributed by atoms with Gasteiger partial charge in [0, 0.05) is 12.3 Å². The van der Waals surface area contributed by atoms with E-state index < -0.39 is 58.1 Å². The third-order valence-electron chi connectivity index (χ3n) is 4.97. The zero-order valence-electron chi connectivity index (χ0n) is 16.5. The highest BCUT2D eigenvalue weighted by Crippen LogP contribution is 2.44. The number of nitrogens with zero attached hydrogens (tertiary/aromatic N) is 1. The Hall–Kier alpha value is -2.79. The molecule has 0 saturated carbocycles. The molecule has 0 N–H and O–H groups in total. The first-order valence-electron chi connectivity index (χ1n) is 9.29. The maximum atomic E-state index is 16.6. The summed E-state index contributed by atoms with van der Waals surface area (Å²) in [4.78, 5) is 23.8. The molecule has 2 aromatic carbocycles. The van der Waals surface area contributed by atoms with Crippen molar-refractivity contribution in [1.29, 1.82) is 0 Å². The van der Waals surface area contributed by atoms with Crippen molar-refractivity contribution in [3.8, 4) is 0 Å². The van der Waals surface area contributed by atoms with Crippen LogP contribution in [0.1, 0.15) is 13.3 Å². The number of ether oxygens (including phenoxy) is 1. The summed E-state index contributed by atoms with van der Waals surface area (Å²) in [5, 5.41) is 0. The maximum absolute atomic E-state index is 16.6. The third kappa shape index (κ3) is 3.83. The van der Waals surface area contributed by atoms with Crippen LogP contribution in [-0.4, -0.2) is 51.2 Å². The molecule has 8 nitrogen and oxygen atoms in total. The van der Waals surface area contributed by atoms with Crippen molar-refractivity contribution >= 4 is 31.7 Å². The number of cyclic esters (lactones) is 1. The molecule has 0 aromatic heterocycles. The Morgan fingerprint density at radius 2 is 1.45 bits per heavy atom. The van der Waals surface area contributed by atoms with Crippen molar-refractivity contribution in [2.45, 2.75) is 27.5 Å². The summed E-state index contributed by atoms with van der Waals surface area (Å²) >= 11 is 0. The van der Waals surface area contributed by atoms with E-state index in [9.17, 15) is 26.4 Å². The van der Waals surface area contributed by atoms with Crippen LogP contribution in [0.2, 0.25) is 0 Å². The minimum Gasteiger partial charge on any atom is -0.447 e. The molecule has 1 fully saturated rings. The molecule has 2 amide bonds. The van der Waals surface area contributed by atoms with Gasteiger partial charge in [-0.1, -0.05) is 43.3 Å². The second-order valence-corrected chi connectivity index (χ2v) is 11.4. The van der Waals surface area contributed by atoms with Crippen LogP contribution < -0.4 is 0 Å². The van der Waals surface area contributed by atoms with Crippen molar-refractivity contribution in [1.82, 2.24) is 4.90 Å². The number of hydrogen-bond donors (Lipinski definition) is 0. The lowest BCUT2D eigenvalue weighted by Crippen LogP contribution is -2.49. The zero-order chi connectivity index (χ0) is 22.9. The minimum absolute atomic E-state index is 0.0512. The topological polar surface area (TPSA) is 115 Å². The summed E-state index contributed by atoms with van der Waals surface area (Å²) in [6.45, 7) is 0.880. The van der Waals surface area contributed by atoms with Crippen LogP contribution in [0.4, 0.5) is 9.18 Å². The predicted molar refractivity (Wildman–Crippen MR) is 108 cm³/mol. The molecule has 1 saturated heterocycles. The van der Waals surface area contributed by atoms with Crippen LogP contribution in [0.5, 0.6) is 0 Å². The van der Waals surface area contributed by atoms with Crippen molar-refractivity contribution < 1.29 is 35.6 Å². The number of halogens is 1. The molecule has 1 heterocycles. The number of carbonyl (C=O) groups excluding carboxylic acids is 2. The molecule has 1 atom stereocenters. The largest absolute Gasteiger partial charge is 0.447 e. The summed E-state index contributed by atoms with van der Waals surface area (Å²) in [7, 11) is -10.3. The fraction of sp³-hybridized carbons (Fsp3) is 0.300. The molecule has 1 aliphatic heterocycles. The van der Waals surface area contributed by atoms with Gasteiger partial charge in [0.1, 0.15) is 6.61 Å². The van der Waals surface area contributed by atoms with Gasteiger partial charge in [-0.3, -0.25) is 4.79 Å². The van der Waals surface area contributed by atoms with Gasteiger partial charge in [0.2, 0.25) is 25.6 Å². The van der Waals surface area contributed by atoms with E-state index in [1.165, 1.54) is 36.4 Å². The van der Waals surface area contributed by atoms with Crippen LogP contribution in [0, 0.1) is 5.92 Å². The number of alkyl halides is 1. The number of sulfone groups is 2. The molecule has 0 aliphatic carbocycles. The summed E-state index contributed by atoms with van der Waals surface area (Å²) in [6.07, 6.45) is -1.79. The Morgan fingerprint density at radius 3 is 1.84 bits per heavy atom. The minimum atomic E-state index is -5.13. The average molecular weight is 470 g/mol. The maximum Gasteiger partial charge on any atom is 0.416 e. The lowest BCUT2D eigenvalue weighted by atomic mass is 10.1. The van der Waals surface area contributed by atoms with Gasteiger partial charge in [-0.15, -0.1) is 0 Å². The van der Waals surface area contributed by atoms with Gasteiger partial charge in [0.15, 0.2) is 0 Å². The van der Waals surface area contributed by atoms with E-state index in [0.29, 0.717) is 4.90 Å². The van der Waals surface area contributed by atoms with Gasteiger partial charge in [-0.05, 0) is 24.3 Å². The monoisotopic (exact) mass is 469 g/mol. The normalized spacial score (nSPS) is 16.1. The van der Waals surface area contributed by atoms with Crippen LogP contribution in [0.15, 0.2) is 70.5 Å². The van der Waals surface area contributed by atoms with Gasteiger partial charge in [0.05, 0.1) is 16.3 Å². The third-order valence-corrected chi connectivity index (χ3v) is 10.3. The van der Waals surface area contributed by atoms with E-state index in [4.69, 9.17) is 0 Å². The zero-order valence-corrected chi connectivity index (χ0v) is 18.1. The average Bonchev–Trinajstić information content (AvgIpc) is 3.20. The lowest BCUT2D eigenvalue weighted by Gasteiger charge is -2.31. The Labute approximate surface area is 179 Å². The van der Waals surface area contributed by atoms with Gasteiger partial charge >= 0.3 is 10.4 Å². The van der Waals surface area contributed by atoms with Crippen LogP contribution >= 0.6 is 0 Å². The predicted octanol–water partition coefficient (Wildman–Crippen LogP) is 2.56. The Bertz CT molecular complexity index is 1110. The number of hydrogen-bond acceptors (Lipinski definition) is 7. The van der Waals surface area contributed by atoms with E-state index in [1.54, 1.807) is 0 Å². The second-order valence-electron chi connectivity index (χ2n) is 6.98. The molecular formula is C20H20FNO7S2. The summed E-state index contributed by atoms with van der Waals surface area (Å²) in [5.74, 6) is -2.77.